The van der Waals surface area contributed by atoms with Gasteiger partial charge in [0.05, 0.1) is 0 Å². The average molecular weight is 307 g/mol. The van der Waals surface area contributed by atoms with Gasteiger partial charge in [0.1, 0.15) is 10.4 Å². The molecule has 1 N–H and O–H groups in total. The van der Waals surface area contributed by atoms with Crippen LogP contribution in [0.15, 0.2) is 27.7 Å². The molecule has 7 heteroatoms. The van der Waals surface area contributed by atoms with Gasteiger partial charge in [-0.05, 0) is 59.5 Å². The van der Waals surface area contributed by atoms with Crippen LogP contribution in [0.25, 0.3) is 11.0 Å². The summed E-state index contributed by atoms with van der Waals surface area (Å²) in [4.78, 5) is 0.143. The summed E-state index contributed by atoms with van der Waals surface area (Å²) in [5, 5.41) is 7.38. The van der Waals surface area contributed by atoms with Crippen LogP contribution in [0.2, 0.25) is 0 Å². The second kappa shape index (κ2) is 4.78. The number of nitrogens with zero attached hydrogens (tertiary/aromatic N) is 2. The zero-order valence-electron chi connectivity index (χ0n) is 11.5. The van der Waals surface area contributed by atoms with E-state index in [0.717, 1.165) is 12.3 Å². The molecule has 0 radical (unpaired) electrons. The first-order valence-electron chi connectivity index (χ1n) is 7.34. The number of sulfonamides is 1. The Morgan fingerprint density at radius 3 is 2.90 bits per heavy atom. The van der Waals surface area contributed by atoms with E-state index >= 15 is 0 Å². The van der Waals surface area contributed by atoms with Crippen LogP contribution < -0.4 is 4.72 Å². The van der Waals surface area contributed by atoms with Crippen molar-refractivity contribution >= 4 is 21.1 Å². The zero-order chi connectivity index (χ0) is 14.4. The van der Waals surface area contributed by atoms with Crippen molar-refractivity contribution < 1.29 is 13.0 Å². The van der Waals surface area contributed by atoms with Crippen LogP contribution in [-0.2, 0) is 10.0 Å². The first kappa shape index (κ1) is 13.2. The van der Waals surface area contributed by atoms with Crippen molar-refractivity contribution in [2.75, 3.05) is 6.54 Å². The van der Waals surface area contributed by atoms with Crippen molar-refractivity contribution in [3.8, 4) is 0 Å². The van der Waals surface area contributed by atoms with Gasteiger partial charge in [-0.25, -0.2) is 17.8 Å². The maximum Gasteiger partial charge on any atom is 0.242 e. The number of fused-ring (bicyclic) bond motifs is 3. The summed E-state index contributed by atoms with van der Waals surface area (Å²) in [7, 11) is -3.57. The predicted octanol–water partition coefficient (Wildman–Crippen LogP) is 1.94. The van der Waals surface area contributed by atoms with Crippen molar-refractivity contribution in [3.05, 3.63) is 18.2 Å². The van der Waals surface area contributed by atoms with Gasteiger partial charge >= 0.3 is 0 Å². The minimum atomic E-state index is -3.57. The fourth-order valence-corrected chi connectivity index (χ4v) is 5.16. The van der Waals surface area contributed by atoms with Gasteiger partial charge < -0.3 is 0 Å². The van der Waals surface area contributed by atoms with E-state index in [9.17, 15) is 8.42 Å². The quantitative estimate of drug-likeness (QED) is 0.933. The van der Waals surface area contributed by atoms with Crippen LogP contribution in [0.4, 0.5) is 0 Å². The zero-order valence-corrected chi connectivity index (χ0v) is 12.3. The molecule has 2 bridgehead atoms. The molecule has 1 heterocycles. The van der Waals surface area contributed by atoms with Crippen LogP contribution in [-0.4, -0.2) is 25.3 Å². The predicted molar refractivity (Wildman–Crippen MR) is 75.9 cm³/mol. The highest BCUT2D eigenvalue weighted by Gasteiger charge is 2.39. The van der Waals surface area contributed by atoms with Crippen LogP contribution >= 0.6 is 0 Å². The lowest BCUT2D eigenvalue weighted by atomic mass is 9.89. The van der Waals surface area contributed by atoms with Crippen LogP contribution in [0.1, 0.15) is 25.7 Å². The molecule has 4 rings (SSSR count). The highest BCUT2D eigenvalue weighted by Crippen LogP contribution is 2.48. The fourth-order valence-electron chi connectivity index (χ4n) is 3.92. The Morgan fingerprint density at radius 1 is 1.24 bits per heavy atom. The Hall–Kier alpha value is -1.47. The molecule has 2 aromatic rings. The van der Waals surface area contributed by atoms with Crippen molar-refractivity contribution in [3.63, 3.8) is 0 Å². The summed E-state index contributed by atoms with van der Waals surface area (Å²) >= 11 is 0. The Morgan fingerprint density at radius 2 is 2.14 bits per heavy atom. The number of benzene rings is 1. The first-order chi connectivity index (χ1) is 10.1. The van der Waals surface area contributed by atoms with Gasteiger partial charge in [-0.1, -0.05) is 12.5 Å². The van der Waals surface area contributed by atoms with Gasteiger partial charge in [0.15, 0.2) is 5.52 Å². The number of rotatable bonds is 4. The van der Waals surface area contributed by atoms with E-state index in [4.69, 9.17) is 0 Å². The van der Waals surface area contributed by atoms with E-state index in [1.54, 1.807) is 12.1 Å². The van der Waals surface area contributed by atoms with Crippen LogP contribution in [0.3, 0.4) is 0 Å². The molecule has 3 atom stereocenters. The third kappa shape index (κ3) is 2.24. The number of hydrogen-bond donors (Lipinski definition) is 1. The molecule has 6 nitrogen and oxygen atoms in total. The average Bonchev–Trinajstić information content (AvgIpc) is 3.19. The van der Waals surface area contributed by atoms with E-state index in [1.807, 2.05) is 0 Å². The smallest absolute Gasteiger partial charge is 0.242 e. The standard InChI is InChI=1S/C14H17N3O3S/c18-21(19,13-3-1-2-12-14(13)17-20-16-12)15-8-11-7-9-4-5-10(11)6-9/h1-3,9-11,15H,4-8H2/t9-,10-,11-/m0/s1. The lowest BCUT2D eigenvalue weighted by molar-refractivity contribution is 0.315. The highest BCUT2D eigenvalue weighted by atomic mass is 32.2. The molecule has 0 unspecified atom stereocenters. The third-order valence-electron chi connectivity index (χ3n) is 4.96. The van der Waals surface area contributed by atoms with E-state index in [-0.39, 0.29) is 10.4 Å². The molecule has 0 amide bonds. The van der Waals surface area contributed by atoms with Gasteiger partial charge in [-0.15, -0.1) is 0 Å². The lowest BCUT2D eigenvalue weighted by Crippen LogP contribution is -2.31. The molecule has 2 aliphatic rings. The number of hydrogen-bond acceptors (Lipinski definition) is 5. The molecule has 21 heavy (non-hydrogen) atoms. The van der Waals surface area contributed by atoms with Crippen molar-refractivity contribution in [2.45, 2.75) is 30.6 Å². The summed E-state index contributed by atoms with van der Waals surface area (Å²) in [5.74, 6) is 1.99. The van der Waals surface area contributed by atoms with Gasteiger partial charge in [-0.3, -0.25) is 0 Å². The molecule has 1 aromatic carbocycles. The number of aromatic nitrogens is 2. The molecule has 2 aliphatic carbocycles. The maximum atomic E-state index is 12.5. The minimum Gasteiger partial charge on any atom is -0.243 e. The van der Waals surface area contributed by atoms with E-state index in [1.165, 1.54) is 25.3 Å². The maximum absolute atomic E-state index is 12.5. The van der Waals surface area contributed by atoms with Crippen molar-refractivity contribution in [2.24, 2.45) is 17.8 Å². The van der Waals surface area contributed by atoms with Gasteiger partial charge in [0.2, 0.25) is 10.0 Å². The summed E-state index contributed by atoms with van der Waals surface area (Å²) in [6, 6.07) is 4.87. The van der Waals surface area contributed by atoms with E-state index < -0.39 is 10.0 Å². The van der Waals surface area contributed by atoms with Gasteiger partial charge in [0, 0.05) is 6.54 Å². The third-order valence-corrected chi connectivity index (χ3v) is 6.41. The SMILES string of the molecule is O=S(=O)(NC[C@@H]1C[C@H]2CC[C@H]1C2)c1cccc2nonc12. The Labute approximate surface area is 122 Å². The van der Waals surface area contributed by atoms with E-state index in [2.05, 4.69) is 19.7 Å². The molecular formula is C14H17N3O3S. The molecule has 0 saturated heterocycles. The largest absolute Gasteiger partial charge is 0.243 e. The molecule has 2 fully saturated rings. The van der Waals surface area contributed by atoms with Crippen LogP contribution in [0.5, 0.6) is 0 Å². The van der Waals surface area contributed by atoms with Crippen LogP contribution in [0, 0.1) is 17.8 Å². The summed E-state index contributed by atoms with van der Waals surface area (Å²) in [6.45, 7) is 0.519. The molecule has 0 spiro atoms. The highest BCUT2D eigenvalue weighted by molar-refractivity contribution is 7.89. The molecule has 1 aromatic heterocycles. The second-order valence-corrected chi connectivity index (χ2v) is 7.91. The van der Waals surface area contributed by atoms with E-state index in [0.29, 0.717) is 23.9 Å². The number of nitrogens with one attached hydrogen (secondary N) is 1. The Kier molecular flexibility index (Phi) is 3.00. The molecule has 0 aliphatic heterocycles. The summed E-state index contributed by atoms with van der Waals surface area (Å²) < 4.78 is 32.3. The molecule has 112 valence electrons. The normalized spacial score (nSPS) is 28.5. The lowest BCUT2D eigenvalue weighted by Gasteiger charge is -2.21. The van der Waals surface area contributed by atoms with Crippen molar-refractivity contribution in [1.29, 1.82) is 0 Å². The molecule has 2 saturated carbocycles. The summed E-state index contributed by atoms with van der Waals surface area (Å²) in [6.07, 6.45) is 5.00. The Bertz CT molecular complexity index is 771. The molecular weight excluding hydrogens is 290 g/mol. The van der Waals surface area contributed by atoms with Crippen molar-refractivity contribution in [1.82, 2.24) is 15.0 Å². The summed E-state index contributed by atoms with van der Waals surface area (Å²) in [5.41, 5.74) is 0.746. The fraction of sp³-hybridized carbons (Fsp3) is 0.571. The van der Waals surface area contributed by atoms with Gasteiger partial charge in [-0.2, -0.15) is 0 Å². The van der Waals surface area contributed by atoms with Gasteiger partial charge in [0.25, 0.3) is 0 Å². The second-order valence-electron chi connectivity index (χ2n) is 6.17. The Balaban J connectivity index is 1.55. The monoisotopic (exact) mass is 307 g/mol. The minimum absolute atomic E-state index is 0.143. The first-order valence-corrected chi connectivity index (χ1v) is 8.83. The topological polar surface area (TPSA) is 85.1 Å².